The van der Waals surface area contributed by atoms with Gasteiger partial charge in [-0.3, -0.25) is 4.79 Å². The summed E-state index contributed by atoms with van der Waals surface area (Å²) in [4.78, 5) is 12.1. The molecule has 4 nitrogen and oxygen atoms in total. The summed E-state index contributed by atoms with van der Waals surface area (Å²) in [5.74, 6) is -0.276. The number of benzene rings is 2. The van der Waals surface area contributed by atoms with Crippen molar-refractivity contribution in [3.63, 3.8) is 0 Å². The van der Waals surface area contributed by atoms with E-state index in [1.54, 1.807) is 18.2 Å². The van der Waals surface area contributed by atoms with Crippen molar-refractivity contribution in [3.05, 3.63) is 53.6 Å². The first-order valence-electron chi connectivity index (χ1n) is 6.50. The molecule has 0 saturated carbocycles. The predicted molar refractivity (Wildman–Crippen MR) is 78.8 cm³/mol. The van der Waals surface area contributed by atoms with Gasteiger partial charge in [-0.15, -0.1) is 0 Å². The largest absolute Gasteiger partial charge is 0.493 e. The van der Waals surface area contributed by atoms with Crippen LogP contribution in [0.4, 0.5) is 14.5 Å². The van der Waals surface area contributed by atoms with Gasteiger partial charge in [0.1, 0.15) is 0 Å². The second-order valence-electron chi connectivity index (χ2n) is 4.57. The Bertz CT molecular complexity index is 674. The SMILES string of the molecule is COc1cc(NC(=O)c2cccc(C)c2)ccc1OC(F)F. The first kappa shape index (κ1) is 15.8. The molecule has 0 aliphatic rings. The summed E-state index contributed by atoms with van der Waals surface area (Å²) in [6, 6.07) is 11.3. The van der Waals surface area contributed by atoms with E-state index < -0.39 is 6.61 Å². The van der Waals surface area contributed by atoms with Crippen molar-refractivity contribution in [1.29, 1.82) is 0 Å². The molecule has 0 heterocycles. The lowest BCUT2D eigenvalue weighted by molar-refractivity contribution is -0.0512. The molecule has 0 aliphatic carbocycles. The molecule has 0 radical (unpaired) electrons. The van der Waals surface area contributed by atoms with E-state index in [1.165, 1.54) is 25.3 Å². The van der Waals surface area contributed by atoms with Gasteiger partial charge in [-0.25, -0.2) is 0 Å². The highest BCUT2D eigenvalue weighted by Gasteiger charge is 2.12. The maximum absolute atomic E-state index is 12.3. The third-order valence-electron chi connectivity index (χ3n) is 2.92. The van der Waals surface area contributed by atoms with Gasteiger partial charge in [0.2, 0.25) is 0 Å². The minimum atomic E-state index is -2.94. The molecule has 0 aliphatic heterocycles. The average Bonchev–Trinajstić information content (AvgIpc) is 2.48. The lowest BCUT2D eigenvalue weighted by Crippen LogP contribution is -2.12. The molecule has 0 saturated heterocycles. The first-order valence-corrected chi connectivity index (χ1v) is 6.50. The van der Waals surface area contributed by atoms with Crippen molar-refractivity contribution in [3.8, 4) is 11.5 Å². The number of carbonyl (C=O) groups excluding carboxylic acids is 1. The maximum atomic E-state index is 12.3. The fourth-order valence-electron chi connectivity index (χ4n) is 1.93. The zero-order valence-corrected chi connectivity index (χ0v) is 12.1. The molecule has 0 bridgehead atoms. The van der Waals surface area contributed by atoms with E-state index in [0.29, 0.717) is 11.3 Å². The zero-order chi connectivity index (χ0) is 16.1. The van der Waals surface area contributed by atoms with Gasteiger partial charge in [-0.1, -0.05) is 17.7 Å². The van der Waals surface area contributed by atoms with Crippen molar-refractivity contribution < 1.29 is 23.0 Å². The fourth-order valence-corrected chi connectivity index (χ4v) is 1.93. The summed E-state index contributed by atoms with van der Waals surface area (Å²) in [5.41, 5.74) is 1.89. The Morgan fingerprint density at radius 1 is 1.14 bits per heavy atom. The Balaban J connectivity index is 2.17. The standard InChI is InChI=1S/C16H15F2NO3/c1-10-4-3-5-11(8-10)15(20)19-12-6-7-13(22-16(17)18)14(9-12)21-2/h3-9,16H,1-2H3,(H,19,20). The second kappa shape index (κ2) is 6.89. The number of carbonyl (C=O) groups is 1. The molecule has 1 amide bonds. The van der Waals surface area contributed by atoms with Gasteiger partial charge >= 0.3 is 6.61 Å². The highest BCUT2D eigenvalue weighted by molar-refractivity contribution is 6.04. The van der Waals surface area contributed by atoms with Gasteiger partial charge in [-0.05, 0) is 31.2 Å². The molecule has 2 rings (SSSR count). The molecule has 0 unspecified atom stereocenters. The summed E-state index contributed by atoms with van der Waals surface area (Å²) in [6.07, 6.45) is 0. The second-order valence-corrected chi connectivity index (χ2v) is 4.57. The number of amides is 1. The third kappa shape index (κ3) is 3.94. The molecule has 6 heteroatoms. The van der Waals surface area contributed by atoms with Gasteiger partial charge < -0.3 is 14.8 Å². The number of alkyl halides is 2. The van der Waals surface area contributed by atoms with Crippen LogP contribution in [-0.4, -0.2) is 19.6 Å². The van der Waals surface area contributed by atoms with Gasteiger partial charge in [0, 0.05) is 17.3 Å². The minimum absolute atomic E-state index is 0.0916. The van der Waals surface area contributed by atoms with Crippen LogP contribution in [0.5, 0.6) is 11.5 Å². The molecular formula is C16H15F2NO3. The minimum Gasteiger partial charge on any atom is -0.493 e. The number of ether oxygens (including phenoxy) is 2. The number of halogens is 2. The molecule has 2 aromatic rings. The van der Waals surface area contributed by atoms with E-state index in [1.807, 2.05) is 13.0 Å². The molecular weight excluding hydrogens is 292 g/mol. The number of aryl methyl sites for hydroxylation is 1. The molecule has 0 fully saturated rings. The summed E-state index contributed by atoms with van der Waals surface area (Å²) in [7, 11) is 1.33. The van der Waals surface area contributed by atoms with E-state index in [-0.39, 0.29) is 17.4 Å². The van der Waals surface area contributed by atoms with E-state index in [4.69, 9.17) is 4.74 Å². The topological polar surface area (TPSA) is 47.6 Å². The van der Waals surface area contributed by atoms with Crippen LogP contribution in [0, 0.1) is 6.92 Å². The molecule has 22 heavy (non-hydrogen) atoms. The average molecular weight is 307 g/mol. The highest BCUT2D eigenvalue weighted by Crippen LogP contribution is 2.31. The van der Waals surface area contributed by atoms with Crippen LogP contribution in [0.15, 0.2) is 42.5 Å². The van der Waals surface area contributed by atoms with Gasteiger partial charge in [0.25, 0.3) is 5.91 Å². The Kier molecular flexibility index (Phi) is 4.93. The molecule has 1 N–H and O–H groups in total. The first-order chi connectivity index (χ1) is 10.5. The number of hydrogen-bond acceptors (Lipinski definition) is 3. The van der Waals surface area contributed by atoms with Crippen molar-refractivity contribution in [1.82, 2.24) is 0 Å². The van der Waals surface area contributed by atoms with Crippen molar-refractivity contribution in [2.45, 2.75) is 13.5 Å². The Morgan fingerprint density at radius 3 is 2.55 bits per heavy atom. The summed E-state index contributed by atoms with van der Waals surface area (Å²) >= 11 is 0. The molecule has 0 aromatic heterocycles. The van der Waals surface area contributed by atoms with Crippen LogP contribution in [0.1, 0.15) is 15.9 Å². The van der Waals surface area contributed by atoms with Crippen molar-refractivity contribution in [2.75, 3.05) is 12.4 Å². The lowest BCUT2D eigenvalue weighted by atomic mass is 10.1. The molecule has 0 spiro atoms. The van der Waals surface area contributed by atoms with Crippen LogP contribution >= 0.6 is 0 Å². The van der Waals surface area contributed by atoms with Gasteiger partial charge in [-0.2, -0.15) is 8.78 Å². The quantitative estimate of drug-likeness (QED) is 0.912. The number of nitrogens with one attached hydrogen (secondary N) is 1. The van der Waals surface area contributed by atoms with Crippen LogP contribution in [0.2, 0.25) is 0 Å². The van der Waals surface area contributed by atoms with Gasteiger partial charge in [0.15, 0.2) is 11.5 Å². The van der Waals surface area contributed by atoms with E-state index in [0.717, 1.165) is 5.56 Å². The van der Waals surface area contributed by atoms with Crippen molar-refractivity contribution in [2.24, 2.45) is 0 Å². The number of rotatable bonds is 5. The molecule has 0 atom stereocenters. The Labute approximate surface area is 126 Å². The Hall–Kier alpha value is -2.63. The summed E-state index contributed by atoms with van der Waals surface area (Å²) in [5, 5.41) is 2.68. The number of hydrogen-bond donors (Lipinski definition) is 1. The predicted octanol–water partition coefficient (Wildman–Crippen LogP) is 3.86. The zero-order valence-electron chi connectivity index (χ0n) is 12.1. The van der Waals surface area contributed by atoms with Crippen LogP contribution in [0.3, 0.4) is 0 Å². The van der Waals surface area contributed by atoms with Crippen LogP contribution in [0.25, 0.3) is 0 Å². The third-order valence-corrected chi connectivity index (χ3v) is 2.92. The van der Waals surface area contributed by atoms with Crippen molar-refractivity contribution >= 4 is 11.6 Å². The fraction of sp³-hybridized carbons (Fsp3) is 0.188. The number of methoxy groups -OCH3 is 1. The van der Waals surface area contributed by atoms with E-state index in [2.05, 4.69) is 10.1 Å². The smallest absolute Gasteiger partial charge is 0.387 e. The summed E-state index contributed by atoms with van der Waals surface area (Å²) in [6.45, 7) is -1.06. The maximum Gasteiger partial charge on any atom is 0.387 e. The molecule has 116 valence electrons. The van der Waals surface area contributed by atoms with Gasteiger partial charge in [0.05, 0.1) is 7.11 Å². The lowest BCUT2D eigenvalue weighted by Gasteiger charge is -2.12. The van der Waals surface area contributed by atoms with E-state index >= 15 is 0 Å². The number of anilines is 1. The Morgan fingerprint density at radius 2 is 1.91 bits per heavy atom. The van der Waals surface area contributed by atoms with E-state index in [9.17, 15) is 13.6 Å². The highest BCUT2D eigenvalue weighted by atomic mass is 19.3. The van der Waals surface area contributed by atoms with Crippen LogP contribution in [-0.2, 0) is 0 Å². The monoisotopic (exact) mass is 307 g/mol. The summed E-state index contributed by atoms with van der Waals surface area (Å²) < 4.78 is 33.8. The van der Waals surface area contributed by atoms with Crippen LogP contribution < -0.4 is 14.8 Å². The molecule has 2 aromatic carbocycles. The normalized spacial score (nSPS) is 10.4.